The molecular weight excluding hydrogens is 137 g/mol. The summed E-state index contributed by atoms with van der Waals surface area (Å²) in [5.74, 6) is 0. The van der Waals surface area contributed by atoms with Crippen LogP contribution >= 0.6 is 15.8 Å². The van der Waals surface area contributed by atoms with Crippen molar-refractivity contribution in [2.75, 3.05) is 0 Å². The summed E-state index contributed by atoms with van der Waals surface area (Å²) in [7, 11) is -5.10. The van der Waals surface area contributed by atoms with E-state index in [-0.39, 0.29) is 0 Å². The molecule has 0 fully saturated rings. The monoisotopic (exact) mass is 139 g/mol. The molecule has 0 saturated heterocycles. The molecule has 0 aliphatic heterocycles. The van der Waals surface area contributed by atoms with Gasteiger partial charge in [0.1, 0.15) is 0 Å². The molecule has 1 radical (unpaired) electrons. The van der Waals surface area contributed by atoms with Gasteiger partial charge in [0, 0.05) is 0 Å². The van der Waals surface area contributed by atoms with Crippen LogP contribution in [0, 0.1) is 0 Å². The normalized spacial score (nSPS) is 12.9. The molecule has 0 amide bonds. The van der Waals surface area contributed by atoms with Gasteiger partial charge >= 0.3 is 22.5 Å². The molecule has 37 valence electrons. The Bertz CT molecular complexity index is 85.9. The fourth-order valence-electron chi connectivity index (χ4n) is 0.0845. The molecular formula is H2BO4P2+2. The van der Waals surface area contributed by atoms with Crippen LogP contribution in [-0.4, -0.2) is 16.5 Å². The van der Waals surface area contributed by atoms with E-state index in [0.29, 0.717) is 6.72 Å². The summed E-state index contributed by atoms with van der Waals surface area (Å²) in [4.78, 5) is 15.7. The van der Waals surface area contributed by atoms with Gasteiger partial charge in [-0.2, -0.15) is 9.79 Å². The Kier molecular flexibility index (Phi) is 3.31. The van der Waals surface area contributed by atoms with Crippen molar-refractivity contribution in [3.8, 4) is 0 Å². The minimum Gasteiger partial charge on any atom is -0.173 e. The van der Waals surface area contributed by atoms with Gasteiger partial charge < -0.3 is 0 Å². The molecule has 2 N–H and O–H groups in total. The van der Waals surface area contributed by atoms with Crippen LogP contribution in [0.3, 0.4) is 0 Å². The first-order chi connectivity index (χ1) is 3.13. The highest BCUT2D eigenvalue weighted by Gasteiger charge is 2.41. The first kappa shape index (κ1) is 7.18. The van der Waals surface area contributed by atoms with E-state index in [9.17, 15) is 9.13 Å². The van der Waals surface area contributed by atoms with Crippen LogP contribution in [0.25, 0.3) is 0 Å². The van der Waals surface area contributed by atoms with E-state index in [0.717, 1.165) is 0 Å². The second kappa shape index (κ2) is 3.22. The Morgan fingerprint density at radius 1 is 1.14 bits per heavy atom. The number of hydrogen-bond acceptors (Lipinski definition) is 2. The van der Waals surface area contributed by atoms with Crippen LogP contribution in [0.15, 0.2) is 0 Å². The smallest absolute Gasteiger partial charge is 0.173 e. The van der Waals surface area contributed by atoms with Gasteiger partial charge in [-0.3, -0.25) is 0 Å². The summed E-state index contributed by atoms with van der Waals surface area (Å²) in [6, 6.07) is 0. The molecule has 0 aromatic heterocycles. The largest absolute Gasteiger partial charge is 0.897 e. The molecule has 0 heterocycles. The molecule has 2 atom stereocenters. The number of rotatable bonds is 2. The van der Waals surface area contributed by atoms with E-state index < -0.39 is 15.8 Å². The van der Waals surface area contributed by atoms with Crippen molar-refractivity contribution in [1.29, 1.82) is 0 Å². The Balaban J connectivity index is 3.32. The lowest BCUT2D eigenvalue weighted by molar-refractivity contribution is 0.513. The standard InChI is InChI=1S/BH2O4P2/c2-6(3)1-7(4)5/h(H,2,3)(H,4,5)/q+2. The quantitative estimate of drug-likeness (QED) is 0.416. The minimum absolute atomic E-state index is 0.463. The highest BCUT2D eigenvalue weighted by atomic mass is 31.2. The third kappa shape index (κ3) is 6.18. The third-order valence-electron chi connectivity index (χ3n) is 0.198. The molecule has 4 nitrogen and oxygen atoms in total. The van der Waals surface area contributed by atoms with E-state index in [1.54, 1.807) is 0 Å². The maximum absolute atomic E-state index is 9.56. The van der Waals surface area contributed by atoms with Gasteiger partial charge in [-0.05, 0) is 0 Å². The molecule has 0 spiro atoms. The average molecular weight is 139 g/mol. The average Bonchev–Trinajstić information content (AvgIpc) is 1.27. The lowest BCUT2D eigenvalue weighted by atomic mass is 10.7. The Morgan fingerprint density at radius 3 is 1.43 bits per heavy atom. The maximum Gasteiger partial charge on any atom is 0.897 e. The second-order valence-electron chi connectivity index (χ2n) is 0.721. The Morgan fingerprint density at radius 2 is 1.43 bits per heavy atom. The number of hydrogen-bond donors (Lipinski definition) is 2. The van der Waals surface area contributed by atoms with Crippen molar-refractivity contribution in [1.82, 2.24) is 0 Å². The topological polar surface area (TPSA) is 74.6 Å². The zero-order chi connectivity index (χ0) is 5.86. The molecule has 2 unspecified atom stereocenters. The van der Waals surface area contributed by atoms with Crippen molar-refractivity contribution in [2.45, 2.75) is 0 Å². The minimum atomic E-state index is -2.55. The predicted molar refractivity (Wildman–Crippen MR) is 25.4 cm³/mol. The van der Waals surface area contributed by atoms with Crippen molar-refractivity contribution < 1.29 is 18.9 Å². The Hall–Kier alpha value is 0.185. The van der Waals surface area contributed by atoms with E-state index in [2.05, 4.69) is 0 Å². The van der Waals surface area contributed by atoms with Crippen LogP contribution in [0.2, 0.25) is 0 Å². The summed E-state index contributed by atoms with van der Waals surface area (Å²) in [6.07, 6.45) is 0. The van der Waals surface area contributed by atoms with Crippen molar-refractivity contribution in [3.05, 3.63) is 0 Å². The maximum atomic E-state index is 9.56. The first-order valence-electron chi connectivity index (χ1n) is 1.28. The zero-order valence-corrected chi connectivity index (χ0v) is 4.97. The van der Waals surface area contributed by atoms with Gasteiger partial charge in [-0.25, -0.2) is 0 Å². The summed E-state index contributed by atoms with van der Waals surface area (Å²) in [6.45, 7) is 0.463. The molecule has 0 aliphatic carbocycles. The lowest BCUT2D eigenvalue weighted by Crippen LogP contribution is -1.69. The van der Waals surface area contributed by atoms with Gasteiger partial charge in [0.05, 0.1) is 0 Å². The van der Waals surface area contributed by atoms with Gasteiger partial charge in [-0.1, -0.05) is 9.13 Å². The van der Waals surface area contributed by atoms with Crippen molar-refractivity contribution >= 4 is 22.5 Å². The molecule has 0 saturated carbocycles. The summed E-state index contributed by atoms with van der Waals surface area (Å²) in [5.41, 5.74) is 0. The van der Waals surface area contributed by atoms with E-state index >= 15 is 0 Å². The van der Waals surface area contributed by atoms with E-state index in [1.165, 1.54) is 0 Å². The highest BCUT2D eigenvalue weighted by Crippen LogP contribution is 2.24. The van der Waals surface area contributed by atoms with Crippen LogP contribution < -0.4 is 0 Å². The molecule has 7 heavy (non-hydrogen) atoms. The Labute approximate surface area is 42.4 Å². The molecule has 0 aliphatic rings. The van der Waals surface area contributed by atoms with Crippen LogP contribution in [0.4, 0.5) is 0 Å². The van der Waals surface area contributed by atoms with E-state index in [1.807, 2.05) is 0 Å². The van der Waals surface area contributed by atoms with Gasteiger partial charge in [0.25, 0.3) is 0 Å². The summed E-state index contributed by atoms with van der Waals surface area (Å²) < 4.78 is 19.1. The molecule has 0 bridgehead atoms. The first-order valence-corrected chi connectivity index (χ1v) is 3.84. The van der Waals surface area contributed by atoms with Crippen molar-refractivity contribution in [3.63, 3.8) is 0 Å². The zero-order valence-electron chi connectivity index (χ0n) is 3.18. The fraction of sp³-hybridized carbons (Fsp3) is 0. The van der Waals surface area contributed by atoms with Gasteiger partial charge in [0.2, 0.25) is 0 Å². The third-order valence-corrected chi connectivity index (χ3v) is 1.78. The van der Waals surface area contributed by atoms with Crippen LogP contribution in [-0.2, 0) is 9.13 Å². The van der Waals surface area contributed by atoms with Gasteiger partial charge in [-0.15, -0.1) is 0 Å². The highest BCUT2D eigenvalue weighted by molar-refractivity contribution is 8.01. The molecule has 0 aromatic carbocycles. The fourth-order valence-corrected chi connectivity index (χ4v) is 0.761. The second-order valence-corrected chi connectivity index (χ2v) is 2.85. The van der Waals surface area contributed by atoms with Gasteiger partial charge in [0.15, 0.2) is 0 Å². The molecule has 0 rings (SSSR count). The summed E-state index contributed by atoms with van der Waals surface area (Å²) in [5, 5.41) is 0. The lowest BCUT2D eigenvalue weighted by Gasteiger charge is -1.47. The van der Waals surface area contributed by atoms with Crippen molar-refractivity contribution in [2.24, 2.45) is 0 Å². The SMILES string of the molecule is O=[P+](O)[B][P+](=O)O. The predicted octanol–water partition coefficient (Wildman–Crippen LogP) is -0.0100. The van der Waals surface area contributed by atoms with Crippen LogP contribution in [0.5, 0.6) is 0 Å². The summed E-state index contributed by atoms with van der Waals surface area (Å²) >= 11 is 0. The molecule has 7 heteroatoms. The van der Waals surface area contributed by atoms with E-state index in [4.69, 9.17) is 9.79 Å². The van der Waals surface area contributed by atoms with Crippen LogP contribution in [0.1, 0.15) is 0 Å². The molecule has 0 aromatic rings.